The second kappa shape index (κ2) is 6.12. The molecule has 1 saturated carbocycles. The number of carbonyl (C=O) groups is 2. The monoisotopic (exact) mass is 282 g/mol. The van der Waals surface area contributed by atoms with Crippen LogP contribution in [-0.2, 0) is 14.3 Å². The summed E-state index contributed by atoms with van der Waals surface area (Å²) in [4.78, 5) is 26.4. The van der Waals surface area contributed by atoms with Crippen LogP contribution in [0.5, 0.6) is 0 Å². The van der Waals surface area contributed by atoms with Crippen molar-refractivity contribution < 1.29 is 14.3 Å². The van der Waals surface area contributed by atoms with Crippen molar-refractivity contribution in [1.29, 1.82) is 0 Å². The van der Waals surface area contributed by atoms with Crippen LogP contribution in [0, 0.1) is 11.3 Å². The van der Waals surface area contributed by atoms with Gasteiger partial charge in [0.1, 0.15) is 0 Å². The highest BCUT2D eigenvalue weighted by molar-refractivity contribution is 5.84. The van der Waals surface area contributed by atoms with Crippen molar-refractivity contribution in [3.05, 3.63) is 0 Å². The Morgan fingerprint density at radius 1 is 1.35 bits per heavy atom. The van der Waals surface area contributed by atoms with Gasteiger partial charge in [-0.2, -0.15) is 0 Å². The lowest BCUT2D eigenvalue weighted by atomic mass is 9.82. The number of rotatable bonds is 3. The number of likely N-dealkylation sites (tertiary alicyclic amines) is 1. The molecule has 0 aromatic carbocycles. The number of amides is 1. The summed E-state index contributed by atoms with van der Waals surface area (Å²) < 4.78 is 5.08. The molecule has 2 rings (SSSR count). The molecule has 0 bridgehead atoms. The fourth-order valence-corrected chi connectivity index (χ4v) is 3.43. The fraction of sp³-hybridized carbons (Fsp3) is 0.867. The topological polar surface area (TPSA) is 72.6 Å². The van der Waals surface area contributed by atoms with E-state index in [4.69, 9.17) is 10.5 Å². The van der Waals surface area contributed by atoms with Crippen molar-refractivity contribution in [1.82, 2.24) is 4.90 Å². The van der Waals surface area contributed by atoms with Crippen LogP contribution in [0.1, 0.15) is 46.0 Å². The summed E-state index contributed by atoms with van der Waals surface area (Å²) in [6, 6.07) is -0.0574. The molecule has 1 heterocycles. The van der Waals surface area contributed by atoms with Crippen LogP contribution in [0.3, 0.4) is 0 Å². The number of hydrogen-bond acceptors (Lipinski definition) is 4. The van der Waals surface area contributed by atoms with E-state index in [1.807, 2.05) is 18.7 Å². The van der Waals surface area contributed by atoms with Crippen molar-refractivity contribution in [2.24, 2.45) is 17.1 Å². The van der Waals surface area contributed by atoms with Gasteiger partial charge in [0.15, 0.2) is 0 Å². The molecule has 1 aliphatic heterocycles. The quantitative estimate of drug-likeness (QED) is 0.792. The van der Waals surface area contributed by atoms with E-state index in [0.717, 1.165) is 38.6 Å². The predicted octanol–water partition coefficient (Wildman–Crippen LogP) is 1.31. The number of piperidine rings is 1. The molecule has 5 nitrogen and oxygen atoms in total. The van der Waals surface area contributed by atoms with Crippen LogP contribution in [0.2, 0.25) is 0 Å². The summed E-state index contributed by atoms with van der Waals surface area (Å²) in [5.41, 5.74) is 5.68. The molecule has 1 amide bonds. The maximum Gasteiger partial charge on any atom is 0.310 e. The molecule has 1 aliphatic carbocycles. The summed E-state index contributed by atoms with van der Waals surface area (Å²) in [6.07, 6.45) is 4.45. The van der Waals surface area contributed by atoms with Crippen molar-refractivity contribution in [3.8, 4) is 0 Å². The molecule has 114 valence electrons. The Labute approximate surface area is 120 Å². The normalized spacial score (nSPS) is 34.0. The lowest BCUT2D eigenvalue weighted by molar-refractivity contribution is -0.153. The lowest BCUT2D eigenvalue weighted by Gasteiger charge is -2.38. The summed E-state index contributed by atoms with van der Waals surface area (Å²) in [5.74, 6) is -0.226. The first-order chi connectivity index (χ1) is 9.49. The van der Waals surface area contributed by atoms with Gasteiger partial charge in [0, 0.05) is 19.1 Å². The Kier molecular flexibility index (Phi) is 4.68. The minimum absolute atomic E-state index is 0.0574. The summed E-state index contributed by atoms with van der Waals surface area (Å²) in [7, 11) is 0. The van der Waals surface area contributed by atoms with E-state index >= 15 is 0 Å². The molecule has 2 fully saturated rings. The van der Waals surface area contributed by atoms with E-state index in [-0.39, 0.29) is 23.8 Å². The van der Waals surface area contributed by atoms with Gasteiger partial charge in [0.05, 0.1) is 17.9 Å². The largest absolute Gasteiger partial charge is 0.466 e. The average Bonchev–Trinajstić information content (AvgIpc) is 2.79. The Morgan fingerprint density at radius 3 is 2.70 bits per heavy atom. The van der Waals surface area contributed by atoms with E-state index in [1.54, 1.807) is 0 Å². The molecular weight excluding hydrogens is 256 g/mol. The Hall–Kier alpha value is -1.10. The zero-order chi connectivity index (χ0) is 14.8. The van der Waals surface area contributed by atoms with E-state index in [1.165, 1.54) is 0 Å². The third kappa shape index (κ3) is 2.82. The number of carbonyl (C=O) groups excluding carboxylic acids is 2. The van der Waals surface area contributed by atoms with Gasteiger partial charge >= 0.3 is 5.97 Å². The van der Waals surface area contributed by atoms with Crippen molar-refractivity contribution in [2.75, 3.05) is 19.7 Å². The first kappa shape index (κ1) is 15.3. The third-order valence-electron chi connectivity index (χ3n) is 4.85. The third-order valence-corrected chi connectivity index (χ3v) is 4.85. The Bertz CT molecular complexity index is 385. The highest BCUT2D eigenvalue weighted by Gasteiger charge is 2.46. The summed E-state index contributed by atoms with van der Waals surface area (Å²) in [5, 5.41) is 0. The van der Waals surface area contributed by atoms with Crippen LogP contribution in [0.15, 0.2) is 0 Å². The maximum absolute atomic E-state index is 12.8. The summed E-state index contributed by atoms with van der Waals surface area (Å²) >= 11 is 0. The molecule has 0 spiro atoms. The lowest BCUT2D eigenvalue weighted by Crippen LogP contribution is -2.52. The first-order valence-corrected chi connectivity index (χ1v) is 7.70. The van der Waals surface area contributed by atoms with E-state index in [9.17, 15) is 9.59 Å². The van der Waals surface area contributed by atoms with E-state index in [0.29, 0.717) is 13.2 Å². The number of nitrogens with zero attached hydrogens (tertiary/aromatic N) is 1. The Morgan fingerprint density at radius 2 is 2.10 bits per heavy atom. The molecular formula is C15H26N2O3. The van der Waals surface area contributed by atoms with Gasteiger partial charge in [0.2, 0.25) is 5.91 Å². The molecule has 3 unspecified atom stereocenters. The van der Waals surface area contributed by atoms with Crippen molar-refractivity contribution in [2.45, 2.75) is 52.0 Å². The SMILES string of the molecule is CCOC(=O)C1CCCN(C(=O)C2(C)CCCC2N)C1. The van der Waals surface area contributed by atoms with Crippen LogP contribution < -0.4 is 5.73 Å². The van der Waals surface area contributed by atoms with Gasteiger partial charge in [-0.15, -0.1) is 0 Å². The maximum atomic E-state index is 12.8. The predicted molar refractivity (Wildman–Crippen MR) is 75.9 cm³/mol. The standard InChI is InChI=1S/C15H26N2O3/c1-3-20-13(18)11-6-5-9-17(10-11)14(19)15(2)8-4-7-12(15)16/h11-12H,3-10,16H2,1-2H3. The molecule has 20 heavy (non-hydrogen) atoms. The van der Waals surface area contributed by atoms with Gasteiger partial charge in [-0.1, -0.05) is 6.42 Å². The zero-order valence-electron chi connectivity index (χ0n) is 12.6. The van der Waals surface area contributed by atoms with Gasteiger partial charge < -0.3 is 15.4 Å². The highest BCUT2D eigenvalue weighted by Crippen LogP contribution is 2.39. The molecule has 1 saturated heterocycles. The molecule has 0 aromatic rings. The highest BCUT2D eigenvalue weighted by atomic mass is 16.5. The average molecular weight is 282 g/mol. The number of ether oxygens (including phenoxy) is 1. The number of hydrogen-bond donors (Lipinski definition) is 1. The fourth-order valence-electron chi connectivity index (χ4n) is 3.43. The molecule has 0 radical (unpaired) electrons. The number of esters is 1. The second-order valence-corrected chi connectivity index (χ2v) is 6.26. The second-order valence-electron chi connectivity index (χ2n) is 6.26. The summed E-state index contributed by atoms with van der Waals surface area (Å²) in [6.45, 7) is 5.39. The van der Waals surface area contributed by atoms with Crippen molar-refractivity contribution >= 4 is 11.9 Å². The molecule has 3 atom stereocenters. The van der Waals surface area contributed by atoms with Gasteiger partial charge in [-0.25, -0.2) is 0 Å². The number of nitrogens with two attached hydrogens (primary N) is 1. The van der Waals surface area contributed by atoms with Gasteiger partial charge in [-0.05, 0) is 39.5 Å². The smallest absolute Gasteiger partial charge is 0.310 e. The van der Waals surface area contributed by atoms with E-state index in [2.05, 4.69) is 0 Å². The Balaban J connectivity index is 2.01. The van der Waals surface area contributed by atoms with Gasteiger partial charge in [0.25, 0.3) is 0 Å². The van der Waals surface area contributed by atoms with Crippen molar-refractivity contribution in [3.63, 3.8) is 0 Å². The first-order valence-electron chi connectivity index (χ1n) is 7.70. The van der Waals surface area contributed by atoms with Crippen LogP contribution >= 0.6 is 0 Å². The molecule has 5 heteroatoms. The molecule has 2 aliphatic rings. The van der Waals surface area contributed by atoms with Crippen LogP contribution in [0.25, 0.3) is 0 Å². The van der Waals surface area contributed by atoms with Gasteiger partial charge in [-0.3, -0.25) is 9.59 Å². The minimum atomic E-state index is -0.448. The van der Waals surface area contributed by atoms with Crippen LogP contribution in [-0.4, -0.2) is 42.5 Å². The van der Waals surface area contributed by atoms with E-state index < -0.39 is 5.41 Å². The zero-order valence-corrected chi connectivity index (χ0v) is 12.6. The van der Waals surface area contributed by atoms with Crippen LogP contribution in [0.4, 0.5) is 0 Å². The minimum Gasteiger partial charge on any atom is -0.466 e. The molecule has 0 aromatic heterocycles. The molecule has 2 N–H and O–H groups in total.